The highest BCUT2D eigenvalue weighted by atomic mass is 35.5. The molecule has 0 aliphatic rings. The first-order valence-corrected chi connectivity index (χ1v) is 6.22. The molecule has 0 bridgehead atoms. The van der Waals surface area contributed by atoms with Crippen LogP contribution in [0.1, 0.15) is 27.6 Å². The van der Waals surface area contributed by atoms with Gasteiger partial charge < -0.3 is 5.32 Å². The predicted octanol–water partition coefficient (Wildman–Crippen LogP) is 3.93. The molecule has 102 valence electrons. The molecule has 0 spiro atoms. The highest BCUT2D eigenvalue weighted by Gasteiger charge is 2.12. The molecule has 0 fully saturated rings. The lowest BCUT2D eigenvalue weighted by Crippen LogP contribution is -2.13. The quantitative estimate of drug-likeness (QED) is 0.871. The summed E-state index contributed by atoms with van der Waals surface area (Å²) in [5.41, 5.74) is 0.879. The first-order chi connectivity index (χ1) is 9.47. The number of carbonyl (C=O) groups is 2. The summed E-state index contributed by atoms with van der Waals surface area (Å²) in [6.07, 6.45) is 0. The number of anilines is 1. The first kappa shape index (κ1) is 14.2. The van der Waals surface area contributed by atoms with Crippen LogP contribution in [0.25, 0.3) is 0 Å². The lowest BCUT2D eigenvalue weighted by atomic mass is 10.1. The topological polar surface area (TPSA) is 46.2 Å². The third kappa shape index (κ3) is 3.22. The summed E-state index contributed by atoms with van der Waals surface area (Å²) in [6, 6.07) is 10.1. The van der Waals surface area contributed by atoms with Gasteiger partial charge >= 0.3 is 0 Å². The first-order valence-electron chi connectivity index (χ1n) is 5.85. The third-order valence-electron chi connectivity index (χ3n) is 2.72. The molecule has 0 unspecified atom stereocenters. The highest BCUT2D eigenvalue weighted by molar-refractivity contribution is 6.31. The molecule has 2 rings (SSSR count). The average Bonchev–Trinajstić information content (AvgIpc) is 2.42. The summed E-state index contributed by atoms with van der Waals surface area (Å²) < 4.78 is 13.5. The zero-order valence-corrected chi connectivity index (χ0v) is 11.4. The summed E-state index contributed by atoms with van der Waals surface area (Å²) >= 11 is 5.74. The molecule has 2 aromatic rings. The van der Waals surface area contributed by atoms with Crippen molar-refractivity contribution in [1.29, 1.82) is 0 Å². The van der Waals surface area contributed by atoms with Gasteiger partial charge in [0.15, 0.2) is 5.78 Å². The van der Waals surface area contributed by atoms with Gasteiger partial charge in [-0.15, -0.1) is 0 Å². The maximum atomic E-state index is 13.5. The van der Waals surface area contributed by atoms with Crippen molar-refractivity contribution in [3.8, 4) is 0 Å². The maximum Gasteiger partial charge on any atom is 0.258 e. The number of halogens is 2. The van der Waals surface area contributed by atoms with Gasteiger partial charge in [0, 0.05) is 16.3 Å². The minimum absolute atomic E-state index is 0.0660. The van der Waals surface area contributed by atoms with Crippen LogP contribution in [0.15, 0.2) is 42.5 Å². The van der Waals surface area contributed by atoms with Crippen LogP contribution in [-0.4, -0.2) is 11.7 Å². The number of amides is 1. The number of rotatable bonds is 3. The van der Waals surface area contributed by atoms with Crippen molar-refractivity contribution in [1.82, 2.24) is 0 Å². The number of Topliss-reactive ketones (excluding diaryl/α,β-unsaturated/α-hetero) is 1. The van der Waals surface area contributed by atoms with E-state index in [0.717, 1.165) is 6.07 Å². The molecule has 0 saturated heterocycles. The molecule has 0 heterocycles. The Balaban J connectivity index is 2.19. The second-order valence-electron chi connectivity index (χ2n) is 4.21. The molecular formula is C15H11ClFNO2. The number of hydrogen-bond acceptors (Lipinski definition) is 2. The van der Waals surface area contributed by atoms with E-state index in [9.17, 15) is 14.0 Å². The van der Waals surface area contributed by atoms with Gasteiger partial charge in [-0.3, -0.25) is 9.59 Å². The largest absolute Gasteiger partial charge is 0.322 e. The van der Waals surface area contributed by atoms with Crippen molar-refractivity contribution >= 4 is 29.0 Å². The van der Waals surface area contributed by atoms with E-state index in [2.05, 4.69) is 5.32 Å². The van der Waals surface area contributed by atoms with E-state index in [1.807, 2.05) is 0 Å². The molecule has 2 aromatic carbocycles. The van der Waals surface area contributed by atoms with Gasteiger partial charge in [-0.1, -0.05) is 11.6 Å². The Hall–Kier alpha value is -2.20. The van der Waals surface area contributed by atoms with Crippen molar-refractivity contribution in [3.05, 3.63) is 64.4 Å². The fraction of sp³-hybridized carbons (Fsp3) is 0.0667. The summed E-state index contributed by atoms with van der Waals surface area (Å²) in [5, 5.41) is 2.82. The molecule has 3 nitrogen and oxygen atoms in total. The van der Waals surface area contributed by atoms with Crippen LogP contribution in [0, 0.1) is 5.82 Å². The van der Waals surface area contributed by atoms with E-state index in [1.54, 1.807) is 24.3 Å². The van der Waals surface area contributed by atoms with Crippen LogP contribution in [-0.2, 0) is 0 Å². The Morgan fingerprint density at radius 2 is 1.75 bits per heavy atom. The smallest absolute Gasteiger partial charge is 0.258 e. The van der Waals surface area contributed by atoms with Crippen molar-refractivity contribution < 1.29 is 14.0 Å². The average molecular weight is 292 g/mol. The molecule has 1 amide bonds. The van der Waals surface area contributed by atoms with Gasteiger partial charge in [0.05, 0.1) is 5.56 Å². The molecule has 1 N–H and O–H groups in total. The molecule has 0 saturated carbocycles. The molecule has 0 atom stereocenters. The Morgan fingerprint density at radius 1 is 1.10 bits per heavy atom. The molecule has 0 aromatic heterocycles. The second kappa shape index (κ2) is 5.84. The number of hydrogen-bond donors (Lipinski definition) is 1. The van der Waals surface area contributed by atoms with Gasteiger partial charge in [0.25, 0.3) is 5.91 Å². The van der Waals surface area contributed by atoms with E-state index in [1.165, 1.54) is 19.1 Å². The fourth-order valence-corrected chi connectivity index (χ4v) is 1.83. The van der Waals surface area contributed by atoms with E-state index in [4.69, 9.17) is 11.6 Å². The fourth-order valence-electron chi connectivity index (χ4n) is 1.66. The van der Waals surface area contributed by atoms with Gasteiger partial charge in [-0.25, -0.2) is 4.39 Å². The van der Waals surface area contributed by atoms with E-state index >= 15 is 0 Å². The number of carbonyl (C=O) groups excluding carboxylic acids is 2. The number of ketones is 1. The van der Waals surface area contributed by atoms with Crippen LogP contribution in [0.5, 0.6) is 0 Å². The molecule has 0 radical (unpaired) electrons. The Bertz CT molecular complexity index is 668. The normalized spacial score (nSPS) is 10.2. The zero-order chi connectivity index (χ0) is 14.7. The molecule has 0 aliphatic carbocycles. The van der Waals surface area contributed by atoms with Crippen molar-refractivity contribution in [2.24, 2.45) is 0 Å². The SMILES string of the molecule is CC(=O)c1ccc(NC(=O)c2cc(Cl)ccc2F)cc1. The van der Waals surface area contributed by atoms with E-state index in [-0.39, 0.29) is 16.4 Å². The van der Waals surface area contributed by atoms with Crippen LogP contribution in [0.4, 0.5) is 10.1 Å². The van der Waals surface area contributed by atoms with Crippen molar-refractivity contribution in [2.45, 2.75) is 6.92 Å². The lowest BCUT2D eigenvalue weighted by molar-refractivity contribution is 0.101. The summed E-state index contributed by atoms with van der Waals surface area (Å²) in [5.74, 6) is -1.31. The Labute approximate surface area is 120 Å². The molecule has 5 heteroatoms. The lowest BCUT2D eigenvalue weighted by Gasteiger charge is -2.07. The monoisotopic (exact) mass is 291 g/mol. The predicted molar refractivity (Wildman–Crippen MR) is 75.8 cm³/mol. The third-order valence-corrected chi connectivity index (χ3v) is 2.96. The van der Waals surface area contributed by atoms with Crippen LogP contribution in [0.2, 0.25) is 5.02 Å². The van der Waals surface area contributed by atoms with Gasteiger partial charge in [-0.2, -0.15) is 0 Å². The van der Waals surface area contributed by atoms with Crippen LogP contribution >= 0.6 is 11.6 Å². The summed E-state index contributed by atoms with van der Waals surface area (Å²) in [4.78, 5) is 23.1. The van der Waals surface area contributed by atoms with Crippen LogP contribution < -0.4 is 5.32 Å². The zero-order valence-electron chi connectivity index (χ0n) is 10.6. The number of benzene rings is 2. The molecule has 0 aliphatic heterocycles. The van der Waals surface area contributed by atoms with Gasteiger partial charge in [0.2, 0.25) is 0 Å². The summed E-state index contributed by atoms with van der Waals surface area (Å²) in [6.45, 7) is 1.45. The van der Waals surface area contributed by atoms with E-state index < -0.39 is 11.7 Å². The van der Waals surface area contributed by atoms with Crippen molar-refractivity contribution in [2.75, 3.05) is 5.32 Å². The minimum Gasteiger partial charge on any atom is -0.322 e. The summed E-state index contributed by atoms with van der Waals surface area (Å²) in [7, 11) is 0. The maximum absolute atomic E-state index is 13.5. The number of nitrogens with one attached hydrogen (secondary N) is 1. The molecule has 20 heavy (non-hydrogen) atoms. The molecular weight excluding hydrogens is 281 g/mol. The second-order valence-corrected chi connectivity index (χ2v) is 4.65. The van der Waals surface area contributed by atoms with Gasteiger partial charge in [0.1, 0.15) is 5.82 Å². The van der Waals surface area contributed by atoms with Crippen LogP contribution in [0.3, 0.4) is 0 Å². The highest BCUT2D eigenvalue weighted by Crippen LogP contribution is 2.17. The minimum atomic E-state index is -0.646. The van der Waals surface area contributed by atoms with Gasteiger partial charge in [-0.05, 0) is 49.4 Å². The van der Waals surface area contributed by atoms with Crippen molar-refractivity contribution in [3.63, 3.8) is 0 Å². The standard InChI is InChI=1S/C15H11ClFNO2/c1-9(19)10-2-5-12(6-3-10)18-15(20)13-8-11(16)4-7-14(13)17/h2-8H,1H3,(H,18,20). The Kier molecular flexibility index (Phi) is 4.15. The van der Waals surface area contributed by atoms with E-state index in [0.29, 0.717) is 11.3 Å². The Morgan fingerprint density at radius 3 is 2.35 bits per heavy atom.